The molecule has 1 unspecified atom stereocenters. The monoisotopic (exact) mass is 775 g/mol. The molecular weight excluding hydrogens is 739 g/mol. The van der Waals surface area contributed by atoms with Crippen molar-refractivity contribution >= 4 is 46.8 Å². The van der Waals surface area contributed by atoms with Gasteiger partial charge < -0.3 is 28.7 Å². The molecular formula is C43H37N9O6. The molecule has 0 aliphatic carbocycles. The van der Waals surface area contributed by atoms with Crippen molar-refractivity contribution in [3.63, 3.8) is 0 Å². The normalized spacial score (nSPS) is 18.1. The maximum Gasteiger partial charge on any atom is 0.257 e. The number of amides is 2. The Morgan fingerprint density at radius 1 is 0.621 bits per heavy atom. The number of hydrogen-bond donors (Lipinski definition) is 0. The molecule has 290 valence electrons. The maximum atomic E-state index is 13.8. The number of carbonyl (C=O) groups is 2. The van der Waals surface area contributed by atoms with Crippen molar-refractivity contribution in [2.24, 2.45) is 9.98 Å². The number of benzene rings is 2. The molecule has 5 aromatic rings. The molecule has 9 rings (SSSR count). The maximum absolute atomic E-state index is 13.8. The molecule has 0 saturated heterocycles. The standard InChI is InChI=1S/C43H37N9O6/c1-55-38-12-34-36(48-20-32-10-26(6-8-51(32)42(34)53)28-16-44-24-45-17-28)14-40(38)57-22-30-4-3-5-31(50-30)23-58-41-15-37-35(13-39(41)56-2)43(54)52-9-7-27(11-33(52)21-49-37)29-18-46-25-47-19-29/h3-7,12-21,24-25,32-33H,8-11,22-23H2,1-2H3/t32-,33?/m0/s1. The van der Waals surface area contributed by atoms with E-state index in [0.717, 1.165) is 22.3 Å². The summed E-state index contributed by atoms with van der Waals surface area (Å²) >= 11 is 0. The lowest BCUT2D eigenvalue weighted by molar-refractivity contribution is 0.0740. The van der Waals surface area contributed by atoms with E-state index < -0.39 is 0 Å². The smallest absolute Gasteiger partial charge is 0.257 e. The summed E-state index contributed by atoms with van der Waals surface area (Å²) in [6, 6.07) is 11.9. The molecule has 4 aliphatic rings. The van der Waals surface area contributed by atoms with E-state index in [9.17, 15) is 9.59 Å². The predicted molar refractivity (Wildman–Crippen MR) is 214 cm³/mol. The molecule has 0 fully saturated rings. The minimum atomic E-state index is -0.226. The fraction of sp³-hybridized carbons (Fsp3) is 0.233. The molecule has 58 heavy (non-hydrogen) atoms. The summed E-state index contributed by atoms with van der Waals surface area (Å²) in [7, 11) is 3.07. The first-order valence-electron chi connectivity index (χ1n) is 18.7. The number of hydrogen-bond acceptors (Lipinski definition) is 13. The van der Waals surface area contributed by atoms with Crippen LogP contribution >= 0.6 is 0 Å². The summed E-state index contributed by atoms with van der Waals surface area (Å²) in [5, 5.41) is 0. The summed E-state index contributed by atoms with van der Waals surface area (Å²) in [6.07, 6.45) is 19.0. The van der Waals surface area contributed by atoms with Gasteiger partial charge in [-0.2, -0.15) is 0 Å². The van der Waals surface area contributed by atoms with Gasteiger partial charge in [0.05, 0.1) is 60.2 Å². The van der Waals surface area contributed by atoms with Gasteiger partial charge in [-0.1, -0.05) is 18.2 Å². The topological polar surface area (TPSA) is 167 Å². The third-order valence-corrected chi connectivity index (χ3v) is 10.5. The van der Waals surface area contributed by atoms with Gasteiger partial charge in [-0.15, -0.1) is 0 Å². The minimum absolute atomic E-state index is 0.117. The van der Waals surface area contributed by atoms with E-state index in [0.29, 0.717) is 82.8 Å². The van der Waals surface area contributed by atoms with Crippen LogP contribution < -0.4 is 18.9 Å². The van der Waals surface area contributed by atoms with Crippen LogP contribution in [0.3, 0.4) is 0 Å². The zero-order valence-corrected chi connectivity index (χ0v) is 31.7. The first-order chi connectivity index (χ1) is 28.4. The number of methoxy groups -OCH3 is 2. The number of ether oxygens (including phenoxy) is 4. The molecule has 4 aliphatic heterocycles. The fourth-order valence-electron chi connectivity index (χ4n) is 7.49. The van der Waals surface area contributed by atoms with E-state index in [1.54, 1.807) is 58.9 Å². The number of aliphatic imine (C=N–C) groups is 2. The van der Waals surface area contributed by atoms with Gasteiger partial charge in [-0.25, -0.2) is 19.9 Å². The van der Waals surface area contributed by atoms with Crippen LogP contribution in [0.15, 0.2) is 102 Å². The highest BCUT2D eigenvalue weighted by Crippen LogP contribution is 2.40. The number of rotatable bonds is 10. The highest BCUT2D eigenvalue weighted by molar-refractivity contribution is 6.05. The molecule has 0 radical (unpaired) electrons. The van der Waals surface area contributed by atoms with Crippen molar-refractivity contribution < 1.29 is 28.5 Å². The average molecular weight is 776 g/mol. The van der Waals surface area contributed by atoms with Gasteiger partial charge >= 0.3 is 0 Å². The number of carbonyl (C=O) groups excluding carboxylic acids is 2. The van der Waals surface area contributed by atoms with Gasteiger partial charge in [0.1, 0.15) is 25.9 Å². The summed E-state index contributed by atoms with van der Waals surface area (Å²) in [6.45, 7) is 1.10. The van der Waals surface area contributed by atoms with Crippen molar-refractivity contribution in [2.75, 3.05) is 27.3 Å². The molecule has 15 heteroatoms. The van der Waals surface area contributed by atoms with Crippen LogP contribution in [0.1, 0.15) is 56.1 Å². The Morgan fingerprint density at radius 3 is 1.50 bits per heavy atom. The second-order valence-electron chi connectivity index (χ2n) is 14.0. The average Bonchev–Trinajstić information content (AvgIpc) is 3.50. The number of pyridine rings is 1. The lowest BCUT2D eigenvalue weighted by Gasteiger charge is -2.32. The first-order valence-corrected chi connectivity index (χ1v) is 18.7. The van der Waals surface area contributed by atoms with E-state index >= 15 is 0 Å². The van der Waals surface area contributed by atoms with Crippen molar-refractivity contribution in [3.05, 3.63) is 126 Å². The van der Waals surface area contributed by atoms with Crippen molar-refractivity contribution in [1.82, 2.24) is 34.7 Å². The summed E-state index contributed by atoms with van der Waals surface area (Å²) in [5.41, 5.74) is 7.15. The van der Waals surface area contributed by atoms with Gasteiger partial charge in [0.15, 0.2) is 23.0 Å². The van der Waals surface area contributed by atoms with Crippen molar-refractivity contribution in [2.45, 2.75) is 38.1 Å². The highest BCUT2D eigenvalue weighted by Gasteiger charge is 2.34. The lowest BCUT2D eigenvalue weighted by atomic mass is 9.96. The van der Waals surface area contributed by atoms with Crippen LogP contribution in [0.4, 0.5) is 11.4 Å². The van der Waals surface area contributed by atoms with Gasteiger partial charge in [-0.05, 0) is 48.3 Å². The van der Waals surface area contributed by atoms with E-state index in [4.69, 9.17) is 33.9 Å². The van der Waals surface area contributed by atoms with Crippen molar-refractivity contribution in [3.8, 4) is 23.0 Å². The van der Waals surface area contributed by atoms with Crippen molar-refractivity contribution in [1.29, 1.82) is 0 Å². The predicted octanol–water partition coefficient (Wildman–Crippen LogP) is 5.86. The van der Waals surface area contributed by atoms with E-state index in [2.05, 4.69) is 19.9 Å². The zero-order valence-electron chi connectivity index (χ0n) is 31.7. The Bertz CT molecular complexity index is 2360. The van der Waals surface area contributed by atoms with Gasteiger partial charge in [0.2, 0.25) is 0 Å². The molecule has 2 atom stereocenters. The second-order valence-corrected chi connectivity index (χ2v) is 14.0. The van der Waals surface area contributed by atoms with E-state index in [-0.39, 0.29) is 37.1 Å². The molecule has 2 aromatic carbocycles. The lowest BCUT2D eigenvalue weighted by Crippen LogP contribution is -2.43. The first kappa shape index (κ1) is 36.4. The third-order valence-electron chi connectivity index (χ3n) is 10.5. The Balaban J connectivity index is 0.877. The van der Waals surface area contributed by atoms with Gasteiger partial charge in [-0.3, -0.25) is 24.6 Å². The zero-order chi connectivity index (χ0) is 39.6. The highest BCUT2D eigenvalue weighted by atomic mass is 16.5. The summed E-state index contributed by atoms with van der Waals surface area (Å²) in [5.74, 6) is 1.40. The fourth-order valence-corrected chi connectivity index (χ4v) is 7.49. The molecule has 7 heterocycles. The number of nitrogens with zero attached hydrogens (tertiary/aromatic N) is 9. The Hall–Kier alpha value is -7.29. The van der Waals surface area contributed by atoms with Crippen LogP contribution in [0, 0.1) is 0 Å². The Labute approximate surface area is 333 Å². The quantitative estimate of drug-likeness (QED) is 0.167. The minimum Gasteiger partial charge on any atom is -0.493 e. The van der Waals surface area contributed by atoms with Gasteiger partial charge in [0.25, 0.3) is 11.8 Å². The third kappa shape index (κ3) is 7.13. The van der Waals surface area contributed by atoms with E-state index in [1.807, 2.05) is 42.8 Å². The van der Waals surface area contributed by atoms with Crippen LogP contribution in [-0.4, -0.2) is 98.4 Å². The summed E-state index contributed by atoms with van der Waals surface area (Å²) < 4.78 is 23.8. The number of fused-ring (bicyclic) bond motifs is 4. The van der Waals surface area contributed by atoms with Crippen LogP contribution in [0.25, 0.3) is 11.1 Å². The van der Waals surface area contributed by atoms with Crippen LogP contribution in [0.2, 0.25) is 0 Å². The molecule has 0 spiro atoms. The Morgan fingerprint density at radius 2 is 1.07 bits per heavy atom. The molecule has 0 N–H and O–H groups in total. The largest absolute Gasteiger partial charge is 0.493 e. The van der Waals surface area contributed by atoms with E-state index in [1.165, 1.54) is 26.9 Å². The van der Waals surface area contributed by atoms with Crippen LogP contribution in [-0.2, 0) is 13.2 Å². The molecule has 0 bridgehead atoms. The van der Waals surface area contributed by atoms with Gasteiger partial charge in [0, 0.05) is 73.6 Å². The Kier molecular flexibility index (Phi) is 9.83. The second kappa shape index (κ2) is 15.7. The molecule has 3 aromatic heterocycles. The van der Waals surface area contributed by atoms with Crippen LogP contribution in [0.5, 0.6) is 23.0 Å². The SMILES string of the molecule is COc1cc2c(cc1OCc1cccc(COc3cc4c(cc3OC)C(=O)N3CC=C(c5cncnc5)C[C@H]3C=N4)n1)N=CC1CC(c3cncnc3)=CCN1C2=O. The molecule has 15 nitrogen and oxygen atoms in total. The molecule has 2 amide bonds. The molecule has 0 saturated carbocycles. The number of aromatic nitrogens is 5. The summed E-state index contributed by atoms with van der Waals surface area (Å²) in [4.78, 5) is 61.9.